The molecule has 0 fully saturated rings. The van der Waals surface area contributed by atoms with Gasteiger partial charge in [0.25, 0.3) is 0 Å². The maximum atomic E-state index is 10.6. The van der Waals surface area contributed by atoms with Crippen LogP contribution < -0.4 is 4.74 Å². The van der Waals surface area contributed by atoms with E-state index in [0.717, 1.165) is 18.6 Å². The summed E-state index contributed by atoms with van der Waals surface area (Å²) in [6, 6.07) is 8.38. The smallest absolute Gasteiger partial charge is 0.304 e. The molecule has 0 aliphatic rings. The van der Waals surface area contributed by atoms with Gasteiger partial charge in [0.2, 0.25) is 0 Å². The lowest BCUT2D eigenvalue weighted by molar-refractivity contribution is -0.137. The molecule has 1 aromatic rings. The van der Waals surface area contributed by atoms with Gasteiger partial charge in [-0.3, -0.25) is 4.79 Å². The SMILES string of the molecule is CCC(Cc1cccc(OC)c1)N(C)CCC(=O)O. The minimum absolute atomic E-state index is 0.186. The molecular weight excluding hydrogens is 242 g/mol. The Labute approximate surface area is 115 Å². The van der Waals surface area contributed by atoms with Crippen molar-refractivity contribution < 1.29 is 14.6 Å². The van der Waals surface area contributed by atoms with E-state index in [-0.39, 0.29) is 6.42 Å². The highest BCUT2D eigenvalue weighted by atomic mass is 16.5. The molecule has 1 N–H and O–H groups in total. The fraction of sp³-hybridized carbons (Fsp3) is 0.533. The Morgan fingerprint density at radius 1 is 1.47 bits per heavy atom. The summed E-state index contributed by atoms with van der Waals surface area (Å²) in [7, 11) is 3.65. The molecule has 0 spiro atoms. The van der Waals surface area contributed by atoms with Crippen LogP contribution in [-0.4, -0.2) is 42.7 Å². The Morgan fingerprint density at radius 3 is 2.79 bits per heavy atom. The molecule has 0 bridgehead atoms. The molecule has 1 aromatic carbocycles. The van der Waals surface area contributed by atoms with Crippen molar-refractivity contribution in [2.24, 2.45) is 0 Å². The number of likely N-dealkylation sites (N-methyl/N-ethyl adjacent to an activating group) is 1. The maximum Gasteiger partial charge on any atom is 0.304 e. The predicted molar refractivity (Wildman–Crippen MR) is 75.7 cm³/mol. The molecule has 19 heavy (non-hydrogen) atoms. The molecule has 4 heteroatoms. The zero-order valence-electron chi connectivity index (χ0n) is 11.9. The van der Waals surface area contributed by atoms with Gasteiger partial charge in [-0.05, 0) is 37.6 Å². The van der Waals surface area contributed by atoms with Gasteiger partial charge in [0, 0.05) is 12.6 Å². The lowest BCUT2D eigenvalue weighted by Crippen LogP contribution is -2.34. The van der Waals surface area contributed by atoms with Crippen LogP contribution in [0, 0.1) is 0 Å². The van der Waals surface area contributed by atoms with E-state index in [2.05, 4.69) is 17.9 Å². The van der Waals surface area contributed by atoms with Gasteiger partial charge in [0.05, 0.1) is 13.5 Å². The zero-order valence-corrected chi connectivity index (χ0v) is 11.9. The van der Waals surface area contributed by atoms with E-state index in [0.29, 0.717) is 12.6 Å². The summed E-state index contributed by atoms with van der Waals surface area (Å²) in [4.78, 5) is 12.7. The molecule has 1 unspecified atom stereocenters. The molecule has 0 aliphatic heterocycles. The monoisotopic (exact) mass is 265 g/mol. The van der Waals surface area contributed by atoms with Crippen molar-refractivity contribution >= 4 is 5.97 Å². The molecule has 0 aliphatic carbocycles. The molecule has 0 radical (unpaired) electrons. The minimum Gasteiger partial charge on any atom is -0.497 e. The number of rotatable bonds is 8. The van der Waals surface area contributed by atoms with Crippen LogP contribution in [0.5, 0.6) is 5.75 Å². The van der Waals surface area contributed by atoms with E-state index in [9.17, 15) is 4.79 Å². The normalized spacial score (nSPS) is 12.4. The summed E-state index contributed by atoms with van der Waals surface area (Å²) in [6.07, 6.45) is 2.09. The van der Waals surface area contributed by atoms with Gasteiger partial charge in [-0.15, -0.1) is 0 Å². The molecular formula is C15H23NO3. The minimum atomic E-state index is -0.747. The maximum absolute atomic E-state index is 10.6. The fourth-order valence-corrected chi connectivity index (χ4v) is 2.14. The van der Waals surface area contributed by atoms with Crippen molar-refractivity contribution in [3.63, 3.8) is 0 Å². The van der Waals surface area contributed by atoms with Gasteiger partial charge in [0.1, 0.15) is 5.75 Å². The lowest BCUT2D eigenvalue weighted by Gasteiger charge is -2.26. The summed E-state index contributed by atoms with van der Waals surface area (Å²) >= 11 is 0. The van der Waals surface area contributed by atoms with Crippen molar-refractivity contribution in [3.8, 4) is 5.75 Å². The standard InChI is InChI=1S/C15H23NO3/c1-4-13(16(2)9-8-15(17)18)10-12-6-5-7-14(11-12)19-3/h5-7,11,13H,4,8-10H2,1-3H3,(H,17,18). The molecule has 4 nitrogen and oxygen atoms in total. The third-order valence-corrected chi connectivity index (χ3v) is 3.38. The molecule has 1 atom stereocenters. The van der Waals surface area contributed by atoms with Crippen LogP contribution in [0.3, 0.4) is 0 Å². The third-order valence-electron chi connectivity index (χ3n) is 3.38. The van der Waals surface area contributed by atoms with E-state index < -0.39 is 5.97 Å². The van der Waals surface area contributed by atoms with Crippen LogP contribution >= 0.6 is 0 Å². The summed E-state index contributed by atoms with van der Waals surface area (Å²) in [5, 5.41) is 8.73. The number of methoxy groups -OCH3 is 1. The molecule has 106 valence electrons. The van der Waals surface area contributed by atoms with E-state index in [4.69, 9.17) is 9.84 Å². The lowest BCUT2D eigenvalue weighted by atomic mass is 10.0. The number of ether oxygens (including phenoxy) is 1. The predicted octanol–water partition coefficient (Wildman–Crippen LogP) is 2.42. The Balaban J connectivity index is 2.61. The van der Waals surface area contributed by atoms with Crippen LogP contribution in [0.4, 0.5) is 0 Å². The van der Waals surface area contributed by atoms with Crippen molar-refractivity contribution in [1.29, 1.82) is 0 Å². The largest absolute Gasteiger partial charge is 0.497 e. The number of benzene rings is 1. The van der Waals surface area contributed by atoms with Gasteiger partial charge in [0.15, 0.2) is 0 Å². The second kappa shape index (κ2) is 7.79. The first kappa shape index (κ1) is 15.5. The van der Waals surface area contributed by atoms with E-state index in [1.807, 2.05) is 25.2 Å². The van der Waals surface area contributed by atoms with Crippen LogP contribution in [0.2, 0.25) is 0 Å². The third kappa shape index (κ3) is 5.30. The Hall–Kier alpha value is -1.55. The number of nitrogens with zero attached hydrogens (tertiary/aromatic N) is 1. The van der Waals surface area contributed by atoms with Gasteiger partial charge in [-0.2, -0.15) is 0 Å². The highest BCUT2D eigenvalue weighted by Crippen LogP contribution is 2.17. The Bertz CT molecular complexity index is 406. The van der Waals surface area contributed by atoms with Crippen LogP contribution in [-0.2, 0) is 11.2 Å². The summed E-state index contributed by atoms with van der Waals surface area (Å²) in [5.74, 6) is 0.114. The highest BCUT2D eigenvalue weighted by molar-refractivity contribution is 5.66. The van der Waals surface area contributed by atoms with Gasteiger partial charge < -0.3 is 14.7 Å². The summed E-state index contributed by atoms with van der Waals surface area (Å²) in [6.45, 7) is 2.71. The number of aliphatic carboxylic acids is 1. The first-order chi connectivity index (χ1) is 9.06. The van der Waals surface area contributed by atoms with Crippen LogP contribution in [0.15, 0.2) is 24.3 Å². The molecule has 0 amide bonds. The molecule has 0 saturated carbocycles. The molecule has 0 heterocycles. The topological polar surface area (TPSA) is 49.8 Å². The molecule has 0 aromatic heterocycles. The number of carboxylic acid groups (broad SMARTS) is 1. The number of hydrogen-bond donors (Lipinski definition) is 1. The average molecular weight is 265 g/mol. The van der Waals surface area contributed by atoms with Gasteiger partial charge >= 0.3 is 5.97 Å². The molecule has 0 saturated heterocycles. The average Bonchev–Trinajstić information content (AvgIpc) is 2.42. The van der Waals surface area contributed by atoms with E-state index in [1.165, 1.54) is 5.56 Å². The second-order valence-corrected chi connectivity index (χ2v) is 4.74. The van der Waals surface area contributed by atoms with E-state index in [1.54, 1.807) is 7.11 Å². The zero-order chi connectivity index (χ0) is 14.3. The summed E-state index contributed by atoms with van der Waals surface area (Å²) in [5.41, 5.74) is 1.22. The van der Waals surface area contributed by atoms with Gasteiger partial charge in [-0.25, -0.2) is 0 Å². The van der Waals surface area contributed by atoms with Crippen molar-refractivity contribution in [1.82, 2.24) is 4.90 Å². The second-order valence-electron chi connectivity index (χ2n) is 4.74. The Kier molecular flexibility index (Phi) is 6.36. The quantitative estimate of drug-likeness (QED) is 0.784. The summed E-state index contributed by atoms with van der Waals surface area (Å²) < 4.78 is 5.22. The van der Waals surface area contributed by atoms with Crippen LogP contribution in [0.25, 0.3) is 0 Å². The van der Waals surface area contributed by atoms with Crippen molar-refractivity contribution in [2.45, 2.75) is 32.2 Å². The first-order valence-electron chi connectivity index (χ1n) is 6.61. The van der Waals surface area contributed by atoms with Gasteiger partial charge in [-0.1, -0.05) is 19.1 Å². The van der Waals surface area contributed by atoms with Crippen LogP contribution in [0.1, 0.15) is 25.3 Å². The van der Waals surface area contributed by atoms with Crippen molar-refractivity contribution in [3.05, 3.63) is 29.8 Å². The molecule has 1 rings (SSSR count). The Morgan fingerprint density at radius 2 is 2.21 bits per heavy atom. The van der Waals surface area contributed by atoms with E-state index >= 15 is 0 Å². The highest BCUT2D eigenvalue weighted by Gasteiger charge is 2.14. The van der Waals surface area contributed by atoms with Crippen molar-refractivity contribution in [2.75, 3.05) is 20.7 Å². The fourth-order valence-electron chi connectivity index (χ4n) is 2.14. The number of carbonyl (C=O) groups is 1. The first-order valence-corrected chi connectivity index (χ1v) is 6.61. The number of hydrogen-bond acceptors (Lipinski definition) is 3. The number of carboxylic acids is 1.